The molecule has 0 heterocycles. The van der Waals surface area contributed by atoms with Gasteiger partial charge in [-0.25, -0.2) is 4.39 Å². The summed E-state index contributed by atoms with van der Waals surface area (Å²) in [6.45, 7) is 4.46. The summed E-state index contributed by atoms with van der Waals surface area (Å²) in [5, 5.41) is 0. The molecule has 2 aromatic carbocycles. The molecule has 1 heteroatoms. The molecule has 0 N–H and O–H groups in total. The van der Waals surface area contributed by atoms with Crippen molar-refractivity contribution in [3.8, 4) is 11.1 Å². The quantitative estimate of drug-likeness (QED) is 0.549. The average Bonchev–Trinajstić information content (AvgIpc) is 2.63. The zero-order chi connectivity index (χ0) is 16.9. The van der Waals surface area contributed by atoms with E-state index in [1.165, 1.54) is 43.2 Å². The first-order valence-corrected chi connectivity index (χ1v) is 9.60. The standard InChI is InChI=1S/C23H29F/c1-3-5-18-8-12-20(13-9-18)22-15-14-21(16-23(22)24)19-10-6-17(4-2)7-11-19/h8-9,12-17,19H,3-7,10-11H2,1-2H3. The predicted molar refractivity (Wildman–Crippen MR) is 101 cm³/mol. The molecule has 0 aliphatic heterocycles. The summed E-state index contributed by atoms with van der Waals surface area (Å²) in [6.07, 6.45) is 8.53. The maximum absolute atomic E-state index is 14.7. The van der Waals surface area contributed by atoms with Crippen LogP contribution in [0.5, 0.6) is 0 Å². The lowest BCUT2D eigenvalue weighted by atomic mass is 9.77. The van der Waals surface area contributed by atoms with Gasteiger partial charge in [-0.2, -0.15) is 0 Å². The minimum Gasteiger partial charge on any atom is -0.206 e. The molecule has 128 valence electrons. The Labute approximate surface area is 146 Å². The maximum atomic E-state index is 14.7. The minimum atomic E-state index is -0.0756. The Bertz CT molecular complexity index is 648. The summed E-state index contributed by atoms with van der Waals surface area (Å²) in [6, 6.07) is 14.3. The molecule has 1 aliphatic rings. The fraction of sp³-hybridized carbons (Fsp3) is 0.478. The second-order valence-corrected chi connectivity index (χ2v) is 7.31. The number of rotatable bonds is 5. The average molecular weight is 324 g/mol. The van der Waals surface area contributed by atoms with Crippen LogP contribution >= 0.6 is 0 Å². The van der Waals surface area contributed by atoms with Gasteiger partial charge < -0.3 is 0 Å². The Morgan fingerprint density at radius 1 is 0.917 bits per heavy atom. The monoisotopic (exact) mass is 324 g/mol. The molecule has 1 aliphatic carbocycles. The van der Waals surface area contributed by atoms with Gasteiger partial charge in [-0.05, 0) is 66.7 Å². The van der Waals surface area contributed by atoms with Gasteiger partial charge in [0.2, 0.25) is 0 Å². The van der Waals surface area contributed by atoms with E-state index < -0.39 is 0 Å². The summed E-state index contributed by atoms with van der Waals surface area (Å²) >= 11 is 0. The lowest BCUT2D eigenvalue weighted by Gasteiger charge is -2.28. The molecule has 0 spiro atoms. The second kappa shape index (κ2) is 7.96. The molecule has 0 aromatic heterocycles. The highest BCUT2D eigenvalue weighted by atomic mass is 19.1. The molecule has 1 fully saturated rings. The van der Waals surface area contributed by atoms with Gasteiger partial charge in [0.25, 0.3) is 0 Å². The molecule has 0 atom stereocenters. The fourth-order valence-electron chi connectivity index (χ4n) is 4.06. The topological polar surface area (TPSA) is 0 Å². The Hall–Kier alpha value is -1.63. The first-order valence-electron chi connectivity index (χ1n) is 9.60. The Morgan fingerprint density at radius 3 is 2.21 bits per heavy atom. The highest BCUT2D eigenvalue weighted by Gasteiger charge is 2.22. The molecule has 0 saturated heterocycles. The maximum Gasteiger partial charge on any atom is 0.131 e. The molecule has 2 aromatic rings. The molecular formula is C23H29F. The summed E-state index contributed by atoms with van der Waals surface area (Å²) in [5.74, 6) is 1.35. The van der Waals surface area contributed by atoms with Crippen LogP contribution in [0.4, 0.5) is 4.39 Å². The number of hydrogen-bond donors (Lipinski definition) is 0. The molecule has 0 radical (unpaired) electrons. The predicted octanol–water partition coefficient (Wildman–Crippen LogP) is 7.13. The van der Waals surface area contributed by atoms with Crippen molar-refractivity contribution in [2.45, 2.75) is 64.7 Å². The van der Waals surface area contributed by atoms with Crippen molar-refractivity contribution in [1.29, 1.82) is 0 Å². The smallest absolute Gasteiger partial charge is 0.131 e. The molecule has 0 bridgehead atoms. The van der Waals surface area contributed by atoms with Crippen LogP contribution in [-0.2, 0) is 6.42 Å². The van der Waals surface area contributed by atoms with E-state index in [4.69, 9.17) is 0 Å². The van der Waals surface area contributed by atoms with Crippen LogP contribution in [0.25, 0.3) is 11.1 Å². The van der Waals surface area contributed by atoms with E-state index in [2.05, 4.69) is 44.2 Å². The molecule has 0 amide bonds. The molecule has 0 nitrogen and oxygen atoms in total. The van der Waals surface area contributed by atoms with Crippen LogP contribution < -0.4 is 0 Å². The molecule has 3 rings (SSSR count). The summed E-state index contributed by atoms with van der Waals surface area (Å²) in [4.78, 5) is 0. The zero-order valence-electron chi connectivity index (χ0n) is 15.0. The Morgan fingerprint density at radius 2 is 1.62 bits per heavy atom. The van der Waals surface area contributed by atoms with Crippen LogP contribution in [-0.4, -0.2) is 0 Å². The number of hydrogen-bond acceptors (Lipinski definition) is 0. The van der Waals surface area contributed by atoms with Gasteiger partial charge in [-0.15, -0.1) is 0 Å². The molecule has 24 heavy (non-hydrogen) atoms. The largest absolute Gasteiger partial charge is 0.206 e. The van der Waals surface area contributed by atoms with E-state index in [-0.39, 0.29) is 5.82 Å². The summed E-state index contributed by atoms with van der Waals surface area (Å²) in [7, 11) is 0. The lowest BCUT2D eigenvalue weighted by molar-refractivity contribution is 0.318. The van der Waals surface area contributed by atoms with Gasteiger partial charge in [-0.3, -0.25) is 0 Å². The molecular weight excluding hydrogens is 295 g/mol. The SMILES string of the molecule is CCCc1ccc(-c2ccc(C3CCC(CC)CC3)cc2F)cc1. The van der Waals surface area contributed by atoms with Crippen LogP contribution in [0.1, 0.15) is 69.4 Å². The van der Waals surface area contributed by atoms with Crippen molar-refractivity contribution in [2.24, 2.45) is 5.92 Å². The molecule has 1 saturated carbocycles. The van der Waals surface area contributed by atoms with Crippen LogP contribution in [0.3, 0.4) is 0 Å². The van der Waals surface area contributed by atoms with E-state index in [0.29, 0.717) is 5.92 Å². The van der Waals surface area contributed by atoms with E-state index >= 15 is 0 Å². The van der Waals surface area contributed by atoms with Crippen LogP contribution in [0.15, 0.2) is 42.5 Å². The van der Waals surface area contributed by atoms with Crippen molar-refractivity contribution in [2.75, 3.05) is 0 Å². The Balaban J connectivity index is 1.75. The van der Waals surface area contributed by atoms with Crippen molar-refractivity contribution < 1.29 is 4.39 Å². The summed E-state index contributed by atoms with van der Waals surface area (Å²) in [5.41, 5.74) is 4.22. The highest BCUT2D eigenvalue weighted by Crippen LogP contribution is 2.38. The normalized spacial score (nSPS) is 21.0. The van der Waals surface area contributed by atoms with Gasteiger partial charge in [-0.1, -0.05) is 63.1 Å². The number of aryl methyl sites for hydroxylation is 1. The van der Waals surface area contributed by atoms with Gasteiger partial charge in [0.15, 0.2) is 0 Å². The molecule has 0 unspecified atom stereocenters. The van der Waals surface area contributed by atoms with E-state index in [0.717, 1.165) is 29.9 Å². The van der Waals surface area contributed by atoms with Gasteiger partial charge in [0.05, 0.1) is 0 Å². The van der Waals surface area contributed by atoms with E-state index in [1.807, 2.05) is 6.07 Å². The first-order chi connectivity index (χ1) is 11.7. The van der Waals surface area contributed by atoms with Crippen LogP contribution in [0.2, 0.25) is 0 Å². The third-order valence-corrected chi connectivity index (χ3v) is 5.69. The zero-order valence-corrected chi connectivity index (χ0v) is 15.0. The van der Waals surface area contributed by atoms with E-state index in [9.17, 15) is 4.39 Å². The summed E-state index contributed by atoms with van der Waals surface area (Å²) < 4.78 is 14.7. The Kier molecular flexibility index (Phi) is 5.71. The van der Waals surface area contributed by atoms with Crippen molar-refractivity contribution in [3.63, 3.8) is 0 Å². The third-order valence-electron chi connectivity index (χ3n) is 5.69. The number of halogens is 1. The van der Waals surface area contributed by atoms with E-state index in [1.54, 1.807) is 6.07 Å². The van der Waals surface area contributed by atoms with Crippen LogP contribution in [0, 0.1) is 11.7 Å². The van der Waals surface area contributed by atoms with Gasteiger partial charge in [0, 0.05) is 5.56 Å². The first kappa shape index (κ1) is 17.2. The lowest BCUT2D eigenvalue weighted by Crippen LogP contribution is -2.12. The van der Waals surface area contributed by atoms with Crippen molar-refractivity contribution >= 4 is 0 Å². The minimum absolute atomic E-state index is 0.0756. The number of benzene rings is 2. The third kappa shape index (κ3) is 3.88. The second-order valence-electron chi connectivity index (χ2n) is 7.31. The van der Waals surface area contributed by atoms with Crippen molar-refractivity contribution in [3.05, 3.63) is 59.4 Å². The van der Waals surface area contributed by atoms with Gasteiger partial charge >= 0.3 is 0 Å². The van der Waals surface area contributed by atoms with Gasteiger partial charge in [0.1, 0.15) is 5.82 Å². The fourth-order valence-corrected chi connectivity index (χ4v) is 4.06. The van der Waals surface area contributed by atoms with Crippen molar-refractivity contribution in [1.82, 2.24) is 0 Å². The highest BCUT2D eigenvalue weighted by molar-refractivity contribution is 5.65.